The molecule has 2 aromatic rings. The van der Waals surface area contributed by atoms with Crippen LogP contribution in [0.4, 0.5) is 0 Å². The Morgan fingerprint density at radius 1 is 0.800 bits per heavy atom. The van der Waals surface area contributed by atoms with Gasteiger partial charge in [-0.2, -0.15) is 0 Å². The van der Waals surface area contributed by atoms with E-state index in [2.05, 4.69) is 0 Å². The van der Waals surface area contributed by atoms with Crippen LogP contribution < -0.4 is 0 Å². The van der Waals surface area contributed by atoms with E-state index in [1.54, 1.807) is 24.3 Å². The number of aliphatic carboxylic acids is 2. The largest absolute Gasteiger partial charge is 0.481 e. The maximum absolute atomic E-state index is 10.7. The summed E-state index contributed by atoms with van der Waals surface area (Å²) < 4.78 is 0. The molecule has 0 saturated heterocycles. The second-order valence-corrected chi connectivity index (χ2v) is 5.07. The Kier molecular flexibility index (Phi) is 4.16. The van der Waals surface area contributed by atoms with E-state index in [4.69, 9.17) is 33.4 Å². The molecule has 2 aromatic carbocycles. The van der Waals surface area contributed by atoms with Gasteiger partial charge in [-0.1, -0.05) is 47.5 Å². The van der Waals surface area contributed by atoms with E-state index >= 15 is 0 Å². The number of carboxylic acid groups (broad SMARTS) is 2. The Hall–Kier alpha value is -1.78. The van der Waals surface area contributed by atoms with Crippen LogP contribution >= 0.6 is 23.2 Å². The van der Waals surface area contributed by atoms with Crippen molar-refractivity contribution in [2.24, 2.45) is 0 Å². The van der Waals surface area contributed by atoms with Crippen molar-refractivity contribution in [1.82, 2.24) is 0 Å². The van der Waals surface area contributed by atoms with Crippen LogP contribution in [0.15, 0.2) is 24.3 Å². The highest BCUT2D eigenvalue weighted by Crippen LogP contribution is 2.34. The summed E-state index contributed by atoms with van der Waals surface area (Å²) in [6, 6.07) is 6.50. The highest BCUT2D eigenvalue weighted by atomic mass is 35.5. The van der Waals surface area contributed by atoms with Gasteiger partial charge in [0.2, 0.25) is 0 Å². The number of halogens is 2. The van der Waals surface area contributed by atoms with Crippen LogP contribution in [0.25, 0.3) is 10.8 Å². The van der Waals surface area contributed by atoms with E-state index in [9.17, 15) is 9.59 Å². The lowest BCUT2D eigenvalue weighted by Gasteiger charge is -2.10. The molecule has 0 unspecified atom stereocenters. The fraction of sp³-hybridized carbons (Fsp3) is 0.143. The molecule has 0 spiro atoms. The average molecular weight is 313 g/mol. The summed E-state index contributed by atoms with van der Waals surface area (Å²) in [6.45, 7) is 0. The number of hydrogen-bond acceptors (Lipinski definition) is 2. The number of fused-ring (bicyclic) bond motifs is 1. The third-order valence-electron chi connectivity index (χ3n) is 2.91. The van der Waals surface area contributed by atoms with E-state index in [1.165, 1.54) is 0 Å². The molecule has 2 rings (SSSR count). The normalized spacial score (nSPS) is 10.7. The Labute approximate surface area is 124 Å². The van der Waals surface area contributed by atoms with Crippen LogP contribution in [-0.2, 0) is 22.4 Å². The zero-order valence-electron chi connectivity index (χ0n) is 10.2. The predicted molar refractivity (Wildman–Crippen MR) is 76.6 cm³/mol. The molecular weight excluding hydrogens is 303 g/mol. The third kappa shape index (κ3) is 2.86. The van der Waals surface area contributed by atoms with Gasteiger partial charge in [0.05, 0.1) is 22.9 Å². The SMILES string of the molecule is O=C(O)Cc1ccc2c(Cl)c(CC(=O)O)ccc2c1Cl. The van der Waals surface area contributed by atoms with E-state index in [-0.39, 0.29) is 12.8 Å². The van der Waals surface area contributed by atoms with Crippen molar-refractivity contribution in [2.75, 3.05) is 0 Å². The Morgan fingerprint density at radius 2 is 1.15 bits per heavy atom. The minimum atomic E-state index is -0.972. The summed E-state index contributed by atoms with van der Waals surface area (Å²) in [5.41, 5.74) is 0.988. The van der Waals surface area contributed by atoms with Gasteiger partial charge < -0.3 is 10.2 Å². The van der Waals surface area contributed by atoms with Crippen molar-refractivity contribution < 1.29 is 19.8 Å². The first kappa shape index (κ1) is 14.6. The third-order valence-corrected chi connectivity index (χ3v) is 3.81. The smallest absolute Gasteiger partial charge is 0.307 e. The van der Waals surface area contributed by atoms with Crippen molar-refractivity contribution >= 4 is 45.9 Å². The molecule has 6 heteroatoms. The van der Waals surface area contributed by atoms with Crippen molar-refractivity contribution in [3.05, 3.63) is 45.4 Å². The van der Waals surface area contributed by atoms with Gasteiger partial charge >= 0.3 is 11.9 Å². The molecule has 0 heterocycles. The van der Waals surface area contributed by atoms with Gasteiger partial charge in [-0.25, -0.2) is 0 Å². The van der Waals surface area contributed by atoms with Crippen LogP contribution in [-0.4, -0.2) is 22.2 Å². The first-order valence-electron chi connectivity index (χ1n) is 5.72. The zero-order chi connectivity index (χ0) is 14.9. The molecule has 0 amide bonds. The van der Waals surface area contributed by atoms with Crippen LogP contribution in [0.1, 0.15) is 11.1 Å². The summed E-state index contributed by atoms with van der Waals surface area (Å²) in [4.78, 5) is 21.5. The summed E-state index contributed by atoms with van der Waals surface area (Å²) >= 11 is 12.4. The maximum Gasteiger partial charge on any atom is 0.307 e. The van der Waals surface area contributed by atoms with Crippen LogP contribution in [0, 0.1) is 0 Å². The fourth-order valence-corrected chi connectivity index (χ4v) is 2.61. The molecule has 0 aliphatic heterocycles. The van der Waals surface area contributed by atoms with Crippen molar-refractivity contribution in [1.29, 1.82) is 0 Å². The van der Waals surface area contributed by atoms with E-state index in [1.807, 2.05) is 0 Å². The fourth-order valence-electron chi connectivity index (χ4n) is 2.02. The van der Waals surface area contributed by atoms with Crippen molar-refractivity contribution in [3.63, 3.8) is 0 Å². The second kappa shape index (κ2) is 5.69. The molecule has 0 bridgehead atoms. The van der Waals surface area contributed by atoms with Gasteiger partial charge in [-0.15, -0.1) is 0 Å². The molecule has 20 heavy (non-hydrogen) atoms. The molecular formula is C14H10Cl2O4. The Balaban J connectivity index is 2.58. The predicted octanol–water partition coefficient (Wildman–Crippen LogP) is 3.40. The quantitative estimate of drug-likeness (QED) is 0.907. The van der Waals surface area contributed by atoms with Crippen LogP contribution in [0.2, 0.25) is 10.0 Å². The first-order valence-corrected chi connectivity index (χ1v) is 6.47. The molecule has 0 atom stereocenters. The molecule has 0 aliphatic carbocycles. The average Bonchev–Trinajstić information content (AvgIpc) is 2.35. The Bertz CT molecular complexity index is 649. The number of benzene rings is 2. The standard InChI is InChI=1S/C14H10Cl2O4/c15-13-7(5-11(17)18)1-3-9-10(13)4-2-8(14(9)16)6-12(19)20/h1-4H,5-6H2,(H,17,18)(H,19,20). The number of carboxylic acids is 2. The summed E-state index contributed by atoms with van der Waals surface area (Å²) in [5, 5.41) is 19.5. The molecule has 4 nitrogen and oxygen atoms in total. The molecule has 0 saturated carbocycles. The van der Waals surface area contributed by atoms with Gasteiger partial charge in [0.15, 0.2) is 0 Å². The Morgan fingerprint density at radius 3 is 1.45 bits per heavy atom. The lowest BCUT2D eigenvalue weighted by molar-refractivity contribution is -0.137. The highest BCUT2D eigenvalue weighted by Gasteiger charge is 2.14. The van der Waals surface area contributed by atoms with E-state index < -0.39 is 11.9 Å². The summed E-state index contributed by atoms with van der Waals surface area (Å²) in [5.74, 6) is -1.94. The topological polar surface area (TPSA) is 74.6 Å². The zero-order valence-corrected chi connectivity index (χ0v) is 11.7. The van der Waals surface area contributed by atoms with Crippen molar-refractivity contribution in [3.8, 4) is 0 Å². The lowest BCUT2D eigenvalue weighted by atomic mass is 10.0. The maximum atomic E-state index is 10.7. The molecule has 0 radical (unpaired) electrons. The monoisotopic (exact) mass is 312 g/mol. The minimum Gasteiger partial charge on any atom is -0.481 e. The number of rotatable bonds is 4. The number of carbonyl (C=O) groups is 2. The first-order chi connectivity index (χ1) is 9.40. The van der Waals surface area contributed by atoms with Crippen LogP contribution in [0.5, 0.6) is 0 Å². The summed E-state index contributed by atoms with van der Waals surface area (Å²) in [6.07, 6.45) is -0.355. The molecule has 104 valence electrons. The van der Waals surface area contributed by atoms with Gasteiger partial charge in [-0.05, 0) is 11.1 Å². The summed E-state index contributed by atoms with van der Waals surface area (Å²) in [7, 11) is 0. The van der Waals surface area contributed by atoms with Gasteiger partial charge in [0.25, 0.3) is 0 Å². The van der Waals surface area contributed by atoms with Gasteiger partial charge in [0, 0.05) is 10.8 Å². The van der Waals surface area contributed by atoms with E-state index in [0.717, 1.165) is 0 Å². The highest BCUT2D eigenvalue weighted by molar-refractivity contribution is 6.40. The number of hydrogen-bond donors (Lipinski definition) is 2. The molecule has 0 aliphatic rings. The second-order valence-electron chi connectivity index (χ2n) is 4.31. The van der Waals surface area contributed by atoms with E-state index in [0.29, 0.717) is 31.9 Å². The van der Waals surface area contributed by atoms with Crippen molar-refractivity contribution in [2.45, 2.75) is 12.8 Å². The van der Waals surface area contributed by atoms with Gasteiger partial charge in [-0.3, -0.25) is 9.59 Å². The minimum absolute atomic E-state index is 0.177. The molecule has 2 N–H and O–H groups in total. The molecule has 0 aromatic heterocycles. The van der Waals surface area contributed by atoms with Gasteiger partial charge in [0.1, 0.15) is 0 Å². The molecule has 0 fully saturated rings. The lowest BCUT2D eigenvalue weighted by Crippen LogP contribution is -2.02. The van der Waals surface area contributed by atoms with Crippen LogP contribution in [0.3, 0.4) is 0 Å².